The van der Waals surface area contributed by atoms with Crippen molar-refractivity contribution in [2.24, 2.45) is 0 Å². The summed E-state index contributed by atoms with van der Waals surface area (Å²) in [5, 5.41) is 0. The number of nitrogens with zero attached hydrogens (tertiary/aromatic N) is 1. The Balaban J connectivity index is 2.13. The molecule has 1 aromatic rings. The normalized spacial score (nSPS) is 20.6. The summed E-state index contributed by atoms with van der Waals surface area (Å²) < 4.78 is 25.7. The molecule has 1 radical (unpaired) electrons. The number of rotatable bonds is 1. The van der Waals surface area contributed by atoms with Gasteiger partial charge in [-0.25, -0.2) is 8.78 Å². The third-order valence-corrected chi connectivity index (χ3v) is 2.23. The Morgan fingerprint density at radius 1 is 1.46 bits per heavy atom. The van der Waals surface area contributed by atoms with E-state index in [0.717, 1.165) is 5.69 Å². The Kier molecular flexibility index (Phi) is 1.94. The fourth-order valence-corrected chi connectivity index (χ4v) is 1.54. The molecule has 0 N–H and O–H groups in total. The third kappa shape index (κ3) is 1.79. The van der Waals surface area contributed by atoms with E-state index in [9.17, 15) is 8.78 Å². The molecule has 0 bridgehead atoms. The molecule has 0 saturated carbocycles. The second kappa shape index (κ2) is 2.98. The molecule has 0 aromatic heterocycles. The molecule has 1 aliphatic rings. The van der Waals surface area contributed by atoms with E-state index in [1.165, 1.54) is 0 Å². The van der Waals surface area contributed by atoms with Crippen molar-refractivity contribution < 1.29 is 8.78 Å². The van der Waals surface area contributed by atoms with Gasteiger partial charge in [-0.2, -0.15) is 0 Å². The monoisotopic (exact) mass is 182 g/mol. The van der Waals surface area contributed by atoms with Gasteiger partial charge in [0.15, 0.2) is 0 Å². The minimum atomic E-state index is -2.52. The maximum absolute atomic E-state index is 12.8. The molecule has 3 heteroatoms. The molecule has 69 valence electrons. The lowest BCUT2D eigenvalue weighted by Crippen LogP contribution is -2.24. The molecule has 1 aliphatic heterocycles. The summed E-state index contributed by atoms with van der Waals surface area (Å²) in [6.07, 6.45) is -0.0398. The molecule has 13 heavy (non-hydrogen) atoms. The van der Waals surface area contributed by atoms with Gasteiger partial charge in [-0.1, -0.05) is 12.1 Å². The van der Waals surface area contributed by atoms with Gasteiger partial charge in [-0.15, -0.1) is 0 Å². The first-order valence-corrected chi connectivity index (χ1v) is 4.26. The van der Waals surface area contributed by atoms with Crippen molar-refractivity contribution in [3.8, 4) is 0 Å². The van der Waals surface area contributed by atoms with Gasteiger partial charge >= 0.3 is 0 Å². The lowest BCUT2D eigenvalue weighted by atomic mass is 10.3. The van der Waals surface area contributed by atoms with Gasteiger partial charge in [0.2, 0.25) is 0 Å². The summed E-state index contributed by atoms with van der Waals surface area (Å²) in [7, 11) is 0. The van der Waals surface area contributed by atoms with Gasteiger partial charge in [0, 0.05) is 18.7 Å². The van der Waals surface area contributed by atoms with Gasteiger partial charge in [0.05, 0.1) is 6.54 Å². The highest BCUT2D eigenvalue weighted by atomic mass is 19.3. The lowest BCUT2D eigenvalue weighted by Gasteiger charge is -2.17. The molecule has 1 nitrogen and oxygen atoms in total. The molecule has 1 heterocycles. The first-order valence-electron chi connectivity index (χ1n) is 4.26. The van der Waals surface area contributed by atoms with Crippen LogP contribution < -0.4 is 4.90 Å². The molecule has 0 spiro atoms. The van der Waals surface area contributed by atoms with Gasteiger partial charge in [0.25, 0.3) is 5.92 Å². The average molecular weight is 182 g/mol. The van der Waals surface area contributed by atoms with Crippen molar-refractivity contribution in [3.05, 3.63) is 30.3 Å². The van der Waals surface area contributed by atoms with E-state index in [0.29, 0.717) is 6.54 Å². The van der Waals surface area contributed by atoms with Crippen LogP contribution in [-0.2, 0) is 0 Å². The van der Waals surface area contributed by atoms with E-state index in [4.69, 9.17) is 0 Å². The van der Waals surface area contributed by atoms with Crippen molar-refractivity contribution in [2.45, 2.75) is 12.3 Å². The maximum Gasteiger partial charge on any atom is 0.266 e. The Labute approximate surface area is 76.0 Å². The zero-order valence-electron chi connectivity index (χ0n) is 7.13. The van der Waals surface area contributed by atoms with Crippen molar-refractivity contribution in [1.29, 1.82) is 0 Å². The molecule has 0 atom stereocenters. The summed E-state index contributed by atoms with van der Waals surface area (Å²) >= 11 is 0. The molecule has 1 fully saturated rings. The van der Waals surface area contributed by atoms with E-state index in [1.807, 2.05) is 12.1 Å². The number of anilines is 1. The summed E-state index contributed by atoms with van der Waals surface area (Å²) in [5.74, 6) is -2.52. The highest BCUT2D eigenvalue weighted by Gasteiger charge is 2.38. The highest BCUT2D eigenvalue weighted by molar-refractivity contribution is 5.47. The van der Waals surface area contributed by atoms with Crippen LogP contribution in [0.5, 0.6) is 0 Å². The smallest absolute Gasteiger partial charge is 0.266 e. The van der Waals surface area contributed by atoms with Gasteiger partial charge < -0.3 is 4.90 Å². The Morgan fingerprint density at radius 3 is 2.85 bits per heavy atom. The lowest BCUT2D eigenvalue weighted by molar-refractivity contribution is 0.0257. The highest BCUT2D eigenvalue weighted by Crippen LogP contribution is 2.30. The van der Waals surface area contributed by atoms with Crippen LogP contribution in [0.1, 0.15) is 6.42 Å². The van der Waals surface area contributed by atoms with Crippen molar-refractivity contribution >= 4 is 5.69 Å². The Hall–Kier alpha value is -1.12. The topological polar surface area (TPSA) is 3.24 Å². The molecule has 2 rings (SSSR count). The van der Waals surface area contributed by atoms with Crippen LogP contribution in [0.25, 0.3) is 0 Å². The molecule has 0 unspecified atom stereocenters. The Morgan fingerprint density at radius 2 is 2.31 bits per heavy atom. The van der Waals surface area contributed by atoms with Gasteiger partial charge in [0.1, 0.15) is 0 Å². The quantitative estimate of drug-likeness (QED) is 0.644. The van der Waals surface area contributed by atoms with Crippen LogP contribution in [0.4, 0.5) is 14.5 Å². The molecular formula is C10H10F2N. The van der Waals surface area contributed by atoms with Crippen LogP contribution in [0.2, 0.25) is 0 Å². The predicted octanol–water partition coefficient (Wildman–Crippen LogP) is 2.33. The van der Waals surface area contributed by atoms with E-state index in [-0.39, 0.29) is 13.0 Å². The number of alkyl halides is 2. The van der Waals surface area contributed by atoms with Crippen LogP contribution in [0.15, 0.2) is 24.3 Å². The van der Waals surface area contributed by atoms with Crippen molar-refractivity contribution in [3.63, 3.8) is 0 Å². The van der Waals surface area contributed by atoms with E-state index >= 15 is 0 Å². The summed E-state index contributed by atoms with van der Waals surface area (Å²) in [4.78, 5) is 1.69. The number of hydrogen-bond donors (Lipinski definition) is 0. The van der Waals surface area contributed by atoms with Crippen molar-refractivity contribution in [1.82, 2.24) is 0 Å². The minimum absolute atomic E-state index is 0.0398. The SMILES string of the molecule is FC1(F)CCN(c2c[c]ccc2)C1. The molecule has 0 amide bonds. The number of halogens is 2. The fraction of sp³-hybridized carbons (Fsp3) is 0.400. The zero-order valence-corrected chi connectivity index (χ0v) is 7.13. The van der Waals surface area contributed by atoms with Crippen LogP contribution in [-0.4, -0.2) is 19.0 Å². The van der Waals surface area contributed by atoms with Gasteiger partial charge in [-0.3, -0.25) is 0 Å². The fourth-order valence-electron chi connectivity index (χ4n) is 1.54. The molecule has 0 aliphatic carbocycles. The zero-order chi connectivity index (χ0) is 9.31. The molecule has 1 saturated heterocycles. The second-order valence-corrected chi connectivity index (χ2v) is 3.29. The first-order chi connectivity index (χ1) is 6.17. The van der Waals surface area contributed by atoms with Gasteiger partial charge in [-0.05, 0) is 18.2 Å². The number of hydrogen-bond acceptors (Lipinski definition) is 1. The third-order valence-electron chi connectivity index (χ3n) is 2.23. The Bertz CT molecular complexity index is 284. The standard InChI is InChI=1S/C10H10F2N/c11-10(12)6-7-13(8-10)9-4-2-1-3-5-9/h1-2,4-5H,6-8H2. The average Bonchev–Trinajstić information content (AvgIpc) is 2.48. The molecular weight excluding hydrogens is 172 g/mol. The summed E-state index contributed by atoms with van der Waals surface area (Å²) in [6.45, 7) is 0.274. The second-order valence-electron chi connectivity index (χ2n) is 3.29. The van der Waals surface area contributed by atoms with Crippen LogP contribution in [0.3, 0.4) is 0 Å². The van der Waals surface area contributed by atoms with Crippen LogP contribution in [0, 0.1) is 6.07 Å². The number of benzene rings is 1. The van der Waals surface area contributed by atoms with Crippen molar-refractivity contribution in [2.75, 3.05) is 18.0 Å². The largest absolute Gasteiger partial charge is 0.365 e. The van der Waals surface area contributed by atoms with E-state index in [1.54, 1.807) is 17.0 Å². The minimum Gasteiger partial charge on any atom is -0.365 e. The predicted molar refractivity (Wildman–Crippen MR) is 47.1 cm³/mol. The maximum atomic E-state index is 12.8. The first kappa shape index (κ1) is 8.48. The van der Waals surface area contributed by atoms with Crippen LogP contribution >= 0.6 is 0 Å². The van der Waals surface area contributed by atoms with E-state index in [2.05, 4.69) is 6.07 Å². The molecule has 1 aromatic carbocycles. The summed E-state index contributed by atoms with van der Waals surface area (Å²) in [6, 6.07) is 10.0. The van der Waals surface area contributed by atoms with E-state index < -0.39 is 5.92 Å². The summed E-state index contributed by atoms with van der Waals surface area (Å²) in [5.41, 5.74) is 0.833.